The topological polar surface area (TPSA) is 65.2 Å². The number of aromatic nitrogens is 1. The third-order valence-electron chi connectivity index (χ3n) is 3.47. The van der Waals surface area contributed by atoms with Crippen LogP contribution in [-0.2, 0) is 11.2 Å². The minimum atomic E-state index is -0.478. The van der Waals surface area contributed by atoms with E-state index in [1.165, 1.54) is 0 Å². The predicted octanol–water partition coefficient (Wildman–Crippen LogP) is 2.73. The number of pyridine rings is 1. The Kier molecular flexibility index (Phi) is 4.28. The first-order chi connectivity index (χ1) is 9.81. The van der Waals surface area contributed by atoms with Crippen LogP contribution in [0.1, 0.15) is 26.3 Å². The number of ether oxygens (including phenoxy) is 1. The van der Waals surface area contributed by atoms with Crippen LogP contribution in [0.3, 0.4) is 0 Å². The fourth-order valence-electron chi connectivity index (χ4n) is 2.30. The third-order valence-corrected chi connectivity index (χ3v) is 3.47. The highest BCUT2D eigenvalue weighted by molar-refractivity contribution is 5.89. The van der Waals surface area contributed by atoms with Gasteiger partial charge in [-0.15, -0.1) is 0 Å². The number of nitrogens with two attached hydrogens (primary N) is 1. The summed E-state index contributed by atoms with van der Waals surface area (Å²) in [6.07, 6.45) is 0.540. The first-order valence-electron chi connectivity index (χ1n) is 7.05. The molecule has 2 rings (SSSR count). The van der Waals surface area contributed by atoms with Gasteiger partial charge in [0.25, 0.3) is 0 Å². The molecule has 1 atom stereocenters. The molecule has 0 aliphatic rings. The van der Waals surface area contributed by atoms with Crippen LogP contribution in [-0.4, -0.2) is 23.9 Å². The van der Waals surface area contributed by atoms with Crippen molar-refractivity contribution in [1.82, 2.24) is 4.98 Å². The molecule has 0 fully saturated rings. The number of hydrogen-bond donors (Lipinski definition) is 1. The number of nitrogens with zero attached hydrogens (tertiary/aromatic N) is 1. The molecule has 0 amide bonds. The van der Waals surface area contributed by atoms with Crippen molar-refractivity contribution in [3.05, 3.63) is 35.9 Å². The molecule has 1 aromatic carbocycles. The van der Waals surface area contributed by atoms with Gasteiger partial charge in [0.1, 0.15) is 0 Å². The van der Waals surface area contributed by atoms with E-state index >= 15 is 0 Å². The quantitative estimate of drug-likeness (QED) is 0.938. The summed E-state index contributed by atoms with van der Waals surface area (Å²) in [6, 6.07) is 9.23. The average molecular weight is 286 g/mol. The van der Waals surface area contributed by atoms with Crippen LogP contribution in [0.5, 0.6) is 5.88 Å². The average Bonchev–Trinajstić information content (AvgIpc) is 2.44. The molecule has 0 aliphatic carbocycles. The van der Waals surface area contributed by atoms with Gasteiger partial charge in [-0.3, -0.25) is 4.79 Å². The Labute approximate surface area is 125 Å². The van der Waals surface area contributed by atoms with Crippen LogP contribution in [0.15, 0.2) is 30.3 Å². The van der Waals surface area contributed by atoms with Gasteiger partial charge in [-0.05, 0) is 30.2 Å². The van der Waals surface area contributed by atoms with Gasteiger partial charge in [-0.1, -0.05) is 26.8 Å². The zero-order valence-corrected chi connectivity index (χ0v) is 13.0. The zero-order valence-electron chi connectivity index (χ0n) is 13.0. The molecule has 0 bridgehead atoms. The Morgan fingerprint density at radius 2 is 2.00 bits per heavy atom. The van der Waals surface area contributed by atoms with E-state index in [0.29, 0.717) is 12.3 Å². The Hall–Kier alpha value is -1.94. The van der Waals surface area contributed by atoms with Gasteiger partial charge in [-0.25, -0.2) is 4.98 Å². The van der Waals surface area contributed by atoms with Gasteiger partial charge in [0, 0.05) is 16.9 Å². The molecule has 2 aromatic rings. The molecule has 1 heterocycles. The van der Waals surface area contributed by atoms with Gasteiger partial charge in [0.2, 0.25) is 5.88 Å². The summed E-state index contributed by atoms with van der Waals surface area (Å²) >= 11 is 0. The molecule has 0 aliphatic heterocycles. The SMILES string of the molecule is COc1ccc2cc(CC(N)C(=O)C(C)(C)C)ccc2n1. The first-order valence-corrected chi connectivity index (χ1v) is 7.05. The maximum Gasteiger partial charge on any atom is 0.213 e. The van der Waals surface area contributed by atoms with Crippen molar-refractivity contribution in [2.75, 3.05) is 7.11 Å². The molecule has 4 heteroatoms. The molecule has 112 valence electrons. The molecule has 0 radical (unpaired) electrons. The molecule has 0 saturated carbocycles. The number of benzene rings is 1. The second-order valence-electron chi connectivity index (χ2n) is 6.31. The maximum atomic E-state index is 12.2. The van der Waals surface area contributed by atoms with Crippen molar-refractivity contribution in [2.24, 2.45) is 11.1 Å². The lowest BCUT2D eigenvalue weighted by atomic mass is 9.84. The summed E-state index contributed by atoms with van der Waals surface area (Å²) in [6.45, 7) is 5.68. The minimum absolute atomic E-state index is 0.0791. The molecule has 1 aromatic heterocycles. The van der Waals surface area contributed by atoms with Gasteiger partial charge in [0.15, 0.2) is 5.78 Å². The van der Waals surface area contributed by atoms with Gasteiger partial charge >= 0.3 is 0 Å². The van der Waals surface area contributed by atoms with Crippen molar-refractivity contribution < 1.29 is 9.53 Å². The van der Waals surface area contributed by atoms with Crippen LogP contribution < -0.4 is 10.5 Å². The summed E-state index contributed by atoms with van der Waals surface area (Å²) in [7, 11) is 1.60. The van der Waals surface area contributed by atoms with E-state index < -0.39 is 11.5 Å². The number of Topliss-reactive ketones (excluding diaryl/α,β-unsaturated/α-hetero) is 1. The number of methoxy groups -OCH3 is 1. The highest BCUT2D eigenvalue weighted by atomic mass is 16.5. The fraction of sp³-hybridized carbons (Fsp3) is 0.412. The minimum Gasteiger partial charge on any atom is -0.481 e. The lowest BCUT2D eigenvalue weighted by Gasteiger charge is -2.21. The van der Waals surface area contributed by atoms with Crippen molar-refractivity contribution >= 4 is 16.7 Å². The van der Waals surface area contributed by atoms with E-state index in [-0.39, 0.29) is 5.78 Å². The van der Waals surface area contributed by atoms with Crippen LogP contribution in [0.4, 0.5) is 0 Å². The van der Waals surface area contributed by atoms with Crippen molar-refractivity contribution in [1.29, 1.82) is 0 Å². The van der Waals surface area contributed by atoms with Crippen LogP contribution in [0, 0.1) is 5.41 Å². The number of rotatable bonds is 4. The smallest absolute Gasteiger partial charge is 0.213 e. The molecule has 2 N–H and O–H groups in total. The molecule has 0 spiro atoms. The summed E-state index contributed by atoms with van der Waals surface area (Å²) in [4.78, 5) is 16.5. The second kappa shape index (κ2) is 5.82. The zero-order chi connectivity index (χ0) is 15.6. The van der Waals surface area contributed by atoms with Crippen molar-refractivity contribution in [2.45, 2.75) is 33.2 Å². The van der Waals surface area contributed by atoms with Gasteiger partial charge in [0.05, 0.1) is 18.7 Å². The van der Waals surface area contributed by atoms with Crippen LogP contribution >= 0.6 is 0 Å². The second-order valence-corrected chi connectivity index (χ2v) is 6.31. The predicted molar refractivity (Wildman–Crippen MR) is 84.4 cm³/mol. The number of carbonyl (C=O) groups excluding carboxylic acids is 1. The number of fused-ring (bicyclic) bond motifs is 1. The summed E-state index contributed by atoms with van der Waals surface area (Å²) in [5.41, 5.74) is 7.54. The highest BCUT2D eigenvalue weighted by Gasteiger charge is 2.27. The number of carbonyl (C=O) groups is 1. The van der Waals surface area contributed by atoms with Crippen LogP contribution in [0.2, 0.25) is 0 Å². The molecule has 4 nitrogen and oxygen atoms in total. The van der Waals surface area contributed by atoms with E-state index in [9.17, 15) is 4.79 Å². The highest BCUT2D eigenvalue weighted by Crippen LogP contribution is 2.21. The van der Waals surface area contributed by atoms with Crippen molar-refractivity contribution in [3.63, 3.8) is 0 Å². The lowest BCUT2D eigenvalue weighted by Crippen LogP contribution is -2.40. The van der Waals surface area contributed by atoms with Gasteiger partial charge < -0.3 is 10.5 Å². The van der Waals surface area contributed by atoms with E-state index in [1.807, 2.05) is 51.1 Å². The first kappa shape index (κ1) is 15.4. The van der Waals surface area contributed by atoms with E-state index in [4.69, 9.17) is 10.5 Å². The number of ketones is 1. The Morgan fingerprint density at radius 1 is 1.29 bits per heavy atom. The largest absolute Gasteiger partial charge is 0.481 e. The van der Waals surface area contributed by atoms with Crippen molar-refractivity contribution in [3.8, 4) is 5.88 Å². The lowest BCUT2D eigenvalue weighted by molar-refractivity contribution is -0.127. The fourth-order valence-corrected chi connectivity index (χ4v) is 2.30. The number of hydrogen-bond acceptors (Lipinski definition) is 4. The van der Waals surface area contributed by atoms with Crippen LogP contribution in [0.25, 0.3) is 10.9 Å². The molecular weight excluding hydrogens is 264 g/mol. The summed E-state index contributed by atoms with van der Waals surface area (Å²) in [5.74, 6) is 0.672. The Morgan fingerprint density at radius 3 is 2.62 bits per heavy atom. The Bertz CT molecular complexity index is 659. The molecule has 0 saturated heterocycles. The molecule has 1 unspecified atom stereocenters. The summed E-state index contributed by atoms with van der Waals surface area (Å²) < 4.78 is 5.11. The van der Waals surface area contributed by atoms with E-state index in [2.05, 4.69) is 4.98 Å². The molecular formula is C17H22N2O2. The molecule has 21 heavy (non-hydrogen) atoms. The normalized spacial score (nSPS) is 13.2. The van der Waals surface area contributed by atoms with E-state index in [0.717, 1.165) is 16.5 Å². The Balaban J connectivity index is 2.22. The third kappa shape index (κ3) is 3.58. The van der Waals surface area contributed by atoms with Gasteiger partial charge in [-0.2, -0.15) is 0 Å². The monoisotopic (exact) mass is 286 g/mol. The standard InChI is InChI=1S/C17H22N2O2/c1-17(2,3)16(20)13(18)10-11-5-7-14-12(9-11)6-8-15(19-14)21-4/h5-9,13H,10,18H2,1-4H3. The summed E-state index contributed by atoms with van der Waals surface area (Å²) in [5, 5.41) is 1.02. The van der Waals surface area contributed by atoms with E-state index in [1.54, 1.807) is 7.11 Å². The maximum absolute atomic E-state index is 12.2.